The Balaban J connectivity index is 2.14. The van der Waals surface area contributed by atoms with Gasteiger partial charge < -0.3 is 14.8 Å². The van der Waals surface area contributed by atoms with Crippen LogP contribution in [0.1, 0.15) is 12.8 Å². The zero-order valence-electron chi connectivity index (χ0n) is 12.7. The quantitative estimate of drug-likeness (QED) is 0.775. The Morgan fingerprint density at radius 2 is 2.18 bits per heavy atom. The summed E-state index contributed by atoms with van der Waals surface area (Å²) in [4.78, 5) is -0.0312. The molecule has 0 amide bonds. The number of methoxy groups -OCH3 is 2. The molecule has 0 radical (unpaired) electrons. The van der Waals surface area contributed by atoms with Crippen molar-refractivity contribution in [3.8, 4) is 5.75 Å². The maximum atomic E-state index is 13.4. The predicted octanol–water partition coefficient (Wildman–Crippen LogP) is 0.881. The van der Waals surface area contributed by atoms with Crippen LogP contribution in [0.15, 0.2) is 23.1 Å². The first-order valence-electron chi connectivity index (χ1n) is 7.00. The average Bonchev–Trinajstić information content (AvgIpc) is 2.95. The number of hydrogen-bond donors (Lipinski definition) is 2. The fourth-order valence-electron chi connectivity index (χ4n) is 2.59. The third kappa shape index (κ3) is 3.75. The van der Waals surface area contributed by atoms with Gasteiger partial charge in [0.1, 0.15) is 0 Å². The van der Waals surface area contributed by atoms with Crippen LogP contribution in [0.25, 0.3) is 0 Å². The van der Waals surface area contributed by atoms with Gasteiger partial charge in [-0.25, -0.2) is 17.5 Å². The highest BCUT2D eigenvalue weighted by atomic mass is 32.2. The predicted molar refractivity (Wildman–Crippen MR) is 80.0 cm³/mol. The van der Waals surface area contributed by atoms with Gasteiger partial charge in [0.15, 0.2) is 11.6 Å². The molecule has 2 rings (SSSR count). The molecule has 6 nitrogen and oxygen atoms in total. The van der Waals surface area contributed by atoms with Crippen molar-refractivity contribution in [1.82, 2.24) is 10.0 Å². The molecule has 1 atom stereocenters. The van der Waals surface area contributed by atoms with E-state index in [4.69, 9.17) is 9.47 Å². The van der Waals surface area contributed by atoms with E-state index in [0.29, 0.717) is 6.61 Å². The SMILES string of the molecule is COCC1(CNS(=O)(=O)c2ccc(F)c(OC)c2)CCCN1. The summed E-state index contributed by atoms with van der Waals surface area (Å²) in [6.07, 6.45) is 1.80. The summed E-state index contributed by atoms with van der Waals surface area (Å²) in [5.41, 5.74) is -0.397. The van der Waals surface area contributed by atoms with Crippen LogP contribution in [0.4, 0.5) is 4.39 Å². The molecule has 1 aromatic rings. The molecule has 1 aliphatic heterocycles. The van der Waals surface area contributed by atoms with E-state index in [9.17, 15) is 12.8 Å². The smallest absolute Gasteiger partial charge is 0.240 e. The third-order valence-electron chi connectivity index (χ3n) is 3.79. The van der Waals surface area contributed by atoms with Crippen LogP contribution in [0, 0.1) is 5.82 Å². The van der Waals surface area contributed by atoms with E-state index in [1.165, 1.54) is 19.2 Å². The monoisotopic (exact) mass is 332 g/mol. The molecule has 1 aliphatic rings. The number of sulfonamides is 1. The minimum absolute atomic E-state index is 0.0312. The van der Waals surface area contributed by atoms with Crippen LogP contribution < -0.4 is 14.8 Å². The molecule has 0 spiro atoms. The molecule has 8 heteroatoms. The van der Waals surface area contributed by atoms with Crippen molar-refractivity contribution in [3.05, 3.63) is 24.0 Å². The molecular weight excluding hydrogens is 311 g/mol. The molecule has 1 fully saturated rings. The summed E-state index contributed by atoms with van der Waals surface area (Å²) < 4.78 is 50.7. The number of ether oxygens (including phenoxy) is 2. The first-order valence-corrected chi connectivity index (χ1v) is 8.48. The summed E-state index contributed by atoms with van der Waals surface area (Å²) in [6.45, 7) is 1.46. The Morgan fingerprint density at radius 3 is 2.77 bits per heavy atom. The van der Waals surface area contributed by atoms with E-state index in [-0.39, 0.29) is 17.2 Å². The Kier molecular flexibility index (Phi) is 5.38. The van der Waals surface area contributed by atoms with Gasteiger partial charge in [0.05, 0.1) is 24.2 Å². The lowest BCUT2D eigenvalue weighted by molar-refractivity contribution is 0.122. The Morgan fingerprint density at radius 1 is 1.41 bits per heavy atom. The van der Waals surface area contributed by atoms with Crippen LogP contribution in [0.2, 0.25) is 0 Å². The molecule has 0 aromatic heterocycles. The minimum Gasteiger partial charge on any atom is -0.494 e. The van der Waals surface area contributed by atoms with Gasteiger partial charge in [0, 0.05) is 19.7 Å². The lowest BCUT2D eigenvalue weighted by atomic mass is 9.99. The van der Waals surface area contributed by atoms with E-state index >= 15 is 0 Å². The first kappa shape index (κ1) is 17.1. The van der Waals surface area contributed by atoms with Crippen LogP contribution in [0.3, 0.4) is 0 Å². The molecule has 1 aromatic carbocycles. The number of nitrogens with one attached hydrogen (secondary N) is 2. The number of hydrogen-bond acceptors (Lipinski definition) is 5. The Hall–Kier alpha value is -1.22. The maximum Gasteiger partial charge on any atom is 0.240 e. The fraction of sp³-hybridized carbons (Fsp3) is 0.571. The van der Waals surface area contributed by atoms with E-state index in [2.05, 4.69) is 10.0 Å². The van der Waals surface area contributed by atoms with Gasteiger partial charge >= 0.3 is 0 Å². The molecule has 124 valence electrons. The van der Waals surface area contributed by atoms with Crippen LogP contribution in [-0.4, -0.2) is 47.9 Å². The number of benzene rings is 1. The van der Waals surface area contributed by atoms with Crippen molar-refractivity contribution in [2.24, 2.45) is 0 Å². The van der Waals surface area contributed by atoms with E-state index in [1.54, 1.807) is 7.11 Å². The van der Waals surface area contributed by atoms with Crippen LogP contribution in [-0.2, 0) is 14.8 Å². The van der Waals surface area contributed by atoms with Gasteiger partial charge in [-0.1, -0.05) is 0 Å². The molecule has 0 aliphatic carbocycles. The lowest BCUT2D eigenvalue weighted by Crippen LogP contribution is -2.52. The molecule has 0 saturated carbocycles. The van der Waals surface area contributed by atoms with Crippen molar-refractivity contribution in [2.75, 3.05) is 33.9 Å². The second-order valence-electron chi connectivity index (χ2n) is 5.36. The number of rotatable bonds is 7. The largest absolute Gasteiger partial charge is 0.494 e. The highest BCUT2D eigenvalue weighted by Gasteiger charge is 2.34. The van der Waals surface area contributed by atoms with Crippen molar-refractivity contribution < 1.29 is 22.3 Å². The fourth-order valence-corrected chi connectivity index (χ4v) is 3.74. The van der Waals surface area contributed by atoms with Gasteiger partial charge in [0.25, 0.3) is 0 Å². The molecule has 1 unspecified atom stereocenters. The summed E-state index contributed by atoms with van der Waals surface area (Å²) in [7, 11) is -0.871. The van der Waals surface area contributed by atoms with E-state index in [0.717, 1.165) is 25.5 Å². The first-order chi connectivity index (χ1) is 10.4. The van der Waals surface area contributed by atoms with Crippen molar-refractivity contribution in [3.63, 3.8) is 0 Å². The maximum absolute atomic E-state index is 13.4. The normalized spacial score (nSPS) is 22.0. The van der Waals surface area contributed by atoms with Gasteiger partial charge in [-0.2, -0.15) is 0 Å². The highest BCUT2D eigenvalue weighted by Crippen LogP contribution is 2.23. The standard InChI is InChI=1S/C14H21FN2O4S/c1-20-10-14(6-3-7-16-14)9-17-22(18,19)11-4-5-12(15)13(8-11)21-2/h4-5,8,16-17H,3,6-7,9-10H2,1-2H3. The zero-order chi connectivity index (χ0) is 16.2. The Labute approximate surface area is 130 Å². The van der Waals surface area contributed by atoms with Gasteiger partial charge in [-0.05, 0) is 31.5 Å². The number of halogens is 1. The highest BCUT2D eigenvalue weighted by molar-refractivity contribution is 7.89. The summed E-state index contributed by atoms with van der Waals surface area (Å²) >= 11 is 0. The van der Waals surface area contributed by atoms with Crippen LogP contribution >= 0.6 is 0 Å². The second-order valence-corrected chi connectivity index (χ2v) is 7.13. The van der Waals surface area contributed by atoms with Gasteiger partial charge in [-0.15, -0.1) is 0 Å². The zero-order valence-corrected chi connectivity index (χ0v) is 13.5. The summed E-state index contributed by atoms with van der Waals surface area (Å²) in [5, 5.41) is 3.29. The van der Waals surface area contributed by atoms with E-state index < -0.39 is 21.4 Å². The van der Waals surface area contributed by atoms with Crippen LogP contribution in [0.5, 0.6) is 5.75 Å². The Bertz CT molecular complexity index is 615. The van der Waals surface area contributed by atoms with Crippen molar-refractivity contribution in [1.29, 1.82) is 0 Å². The van der Waals surface area contributed by atoms with Crippen molar-refractivity contribution in [2.45, 2.75) is 23.3 Å². The second kappa shape index (κ2) is 6.91. The molecule has 0 bridgehead atoms. The van der Waals surface area contributed by atoms with Gasteiger partial charge in [0.2, 0.25) is 10.0 Å². The summed E-state index contributed by atoms with van der Waals surface area (Å²) in [6, 6.07) is 3.46. The molecule has 2 N–H and O–H groups in total. The molecule has 1 saturated heterocycles. The minimum atomic E-state index is -3.75. The lowest BCUT2D eigenvalue weighted by Gasteiger charge is -2.28. The van der Waals surface area contributed by atoms with Gasteiger partial charge in [-0.3, -0.25) is 0 Å². The summed E-state index contributed by atoms with van der Waals surface area (Å²) in [5.74, 6) is -0.705. The third-order valence-corrected chi connectivity index (χ3v) is 5.19. The average molecular weight is 332 g/mol. The van der Waals surface area contributed by atoms with Crippen molar-refractivity contribution >= 4 is 10.0 Å². The molecule has 1 heterocycles. The van der Waals surface area contributed by atoms with E-state index in [1.807, 2.05) is 0 Å². The molecular formula is C14H21FN2O4S. The topological polar surface area (TPSA) is 76.7 Å². The molecule has 22 heavy (non-hydrogen) atoms.